The molecule has 0 amide bonds. The fourth-order valence-electron chi connectivity index (χ4n) is 1.45. The van der Waals surface area contributed by atoms with Gasteiger partial charge in [0.25, 0.3) is 0 Å². The van der Waals surface area contributed by atoms with Crippen LogP contribution in [-0.4, -0.2) is 26.3 Å². The maximum absolute atomic E-state index is 5.23. The molecule has 0 saturated carbocycles. The lowest BCUT2D eigenvalue weighted by atomic mass is 10.2. The Balaban J connectivity index is 2.43. The third-order valence-electron chi connectivity index (χ3n) is 2.36. The second-order valence-electron chi connectivity index (χ2n) is 3.39. The summed E-state index contributed by atoms with van der Waals surface area (Å²) in [7, 11) is 5.13. The van der Waals surface area contributed by atoms with Gasteiger partial charge >= 0.3 is 0 Å². The molecule has 0 saturated heterocycles. The van der Waals surface area contributed by atoms with Crippen LogP contribution in [-0.2, 0) is 0 Å². The third kappa shape index (κ3) is 2.50. The van der Waals surface area contributed by atoms with Crippen molar-refractivity contribution in [2.24, 2.45) is 0 Å². The van der Waals surface area contributed by atoms with Gasteiger partial charge in [0.05, 0.1) is 14.2 Å². The zero-order valence-electron chi connectivity index (χ0n) is 9.98. The van der Waals surface area contributed by atoms with E-state index in [0.717, 1.165) is 27.9 Å². The predicted octanol–water partition coefficient (Wildman–Crippen LogP) is 2.87. The summed E-state index contributed by atoms with van der Waals surface area (Å²) in [6, 6.07) is 5.73. The van der Waals surface area contributed by atoms with Gasteiger partial charge in [-0.2, -0.15) is 0 Å². The van der Waals surface area contributed by atoms with E-state index in [1.165, 1.54) is 0 Å². The Hall–Kier alpha value is -1.75. The quantitative estimate of drug-likeness (QED) is 0.906. The summed E-state index contributed by atoms with van der Waals surface area (Å²) < 4.78 is 10.5. The largest absolute Gasteiger partial charge is 0.497 e. The summed E-state index contributed by atoms with van der Waals surface area (Å²) in [6.45, 7) is 0. The Bertz CT molecular complexity index is 489. The van der Waals surface area contributed by atoms with Crippen molar-refractivity contribution in [3.8, 4) is 22.1 Å². The van der Waals surface area contributed by atoms with Crippen LogP contribution in [0.5, 0.6) is 11.5 Å². The summed E-state index contributed by atoms with van der Waals surface area (Å²) in [5.74, 6) is 2.40. The minimum atomic E-state index is 0.764. The number of rotatable bonds is 4. The summed E-state index contributed by atoms with van der Waals surface area (Å²) in [5.41, 5.74) is 0.993. The van der Waals surface area contributed by atoms with Crippen LogP contribution in [0.4, 0.5) is 5.82 Å². The zero-order chi connectivity index (χ0) is 12.3. The van der Waals surface area contributed by atoms with Gasteiger partial charge in [0, 0.05) is 24.1 Å². The van der Waals surface area contributed by atoms with Crippen molar-refractivity contribution in [2.45, 2.75) is 0 Å². The number of aromatic nitrogens is 1. The molecular weight excluding hydrogens is 236 g/mol. The highest BCUT2D eigenvalue weighted by atomic mass is 32.1. The number of nitrogens with zero attached hydrogens (tertiary/aromatic N) is 1. The molecule has 0 unspecified atom stereocenters. The molecule has 2 aromatic rings. The van der Waals surface area contributed by atoms with Crippen molar-refractivity contribution in [1.29, 1.82) is 0 Å². The van der Waals surface area contributed by atoms with Crippen LogP contribution < -0.4 is 14.8 Å². The molecule has 0 bridgehead atoms. The molecule has 90 valence electrons. The second-order valence-corrected chi connectivity index (χ2v) is 4.25. The molecule has 2 rings (SSSR count). The fourth-order valence-corrected chi connectivity index (χ4v) is 2.25. The molecule has 1 aromatic carbocycles. The van der Waals surface area contributed by atoms with Gasteiger partial charge in [-0.1, -0.05) is 0 Å². The van der Waals surface area contributed by atoms with Crippen LogP contribution in [0.25, 0.3) is 10.6 Å². The maximum Gasteiger partial charge on any atom is 0.137 e. The number of methoxy groups -OCH3 is 2. The Morgan fingerprint density at radius 3 is 2.24 bits per heavy atom. The van der Waals surface area contributed by atoms with E-state index in [2.05, 4.69) is 10.3 Å². The molecule has 1 aromatic heterocycles. The van der Waals surface area contributed by atoms with E-state index in [-0.39, 0.29) is 0 Å². The van der Waals surface area contributed by atoms with Gasteiger partial charge in [0.1, 0.15) is 22.3 Å². The number of nitrogens with one attached hydrogen (secondary N) is 1. The van der Waals surface area contributed by atoms with Gasteiger partial charge in [-0.15, -0.1) is 11.3 Å². The highest BCUT2D eigenvalue weighted by molar-refractivity contribution is 7.13. The average molecular weight is 250 g/mol. The number of thiazole rings is 1. The molecule has 1 N–H and O–H groups in total. The summed E-state index contributed by atoms with van der Waals surface area (Å²) in [4.78, 5) is 4.45. The molecule has 5 heteroatoms. The molecule has 0 atom stereocenters. The van der Waals surface area contributed by atoms with E-state index < -0.39 is 0 Å². The van der Waals surface area contributed by atoms with Crippen LogP contribution in [0.2, 0.25) is 0 Å². The van der Waals surface area contributed by atoms with Crippen molar-refractivity contribution in [3.05, 3.63) is 23.6 Å². The first-order valence-corrected chi connectivity index (χ1v) is 6.01. The summed E-state index contributed by atoms with van der Waals surface area (Å²) >= 11 is 1.58. The van der Waals surface area contributed by atoms with Crippen molar-refractivity contribution in [2.75, 3.05) is 26.6 Å². The highest BCUT2D eigenvalue weighted by Crippen LogP contribution is 2.32. The van der Waals surface area contributed by atoms with Crippen molar-refractivity contribution < 1.29 is 9.47 Å². The van der Waals surface area contributed by atoms with Gasteiger partial charge in [0.15, 0.2) is 0 Å². The van der Waals surface area contributed by atoms with Crippen molar-refractivity contribution in [1.82, 2.24) is 4.98 Å². The molecule has 0 radical (unpaired) electrons. The molecule has 0 aliphatic heterocycles. The molecule has 0 fully saturated rings. The molecule has 0 spiro atoms. The van der Waals surface area contributed by atoms with Gasteiger partial charge < -0.3 is 14.8 Å². The SMILES string of the molecule is CNc1csc(-c2cc(OC)cc(OC)c2)n1. The first-order valence-electron chi connectivity index (χ1n) is 5.13. The van der Waals surface area contributed by atoms with E-state index >= 15 is 0 Å². The van der Waals surface area contributed by atoms with E-state index in [9.17, 15) is 0 Å². The van der Waals surface area contributed by atoms with E-state index in [0.29, 0.717) is 0 Å². The number of benzene rings is 1. The minimum absolute atomic E-state index is 0.764. The second kappa shape index (κ2) is 5.05. The lowest BCUT2D eigenvalue weighted by molar-refractivity contribution is 0.394. The zero-order valence-corrected chi connectivity index (χ0v) is 10.8. The predicted molar refractivity (Wildman–Crippen MR) is 70.2 cm³/mol. The smallest absolute Gasteiger partial charge is 0.137 e. The molecular formula is C12H14N2O2S. The summed E-state index contributed by atoms with van der Waals surface area (Å²) in [5, 5.41) is 5.92. The van der Waals surface area contributed by atoms with Gasteiger partial charge in [0.2, 0.25) is 0 Å². The maximum atomic E-state index is 5.23. The third-order valence-corrected chi connectivity index (χ3v) is 3.25. The standard InChI is InChI=1S/C12H14N2O2S/c1-13-11-7-17-12(14-11)8-4-9(15-2)6-10(5-8)16-3/h4-7,13H,1-3H3. The minimum Gasteiger partial charge on any atom is -0.497 e. The van der Waals surface area contributed by atoms with Crippen LogP contribution in [0, 0.1) is 0 Å². The van der Waals surface area contributed by atoms with Crippen LogP contribution >= 0.6 is 11.3 Å². The van der Waals surface area contributed by atoms with Crippen LogP contribution in [0.1, 0.15) is 0 Å². The lowest BCUT2D eigenvalue weighted by Crippen LogP contribution is -1.89. The van der Waals surface area contributed by atoms with Crippen LogP contribution in [0.15, 0.2) is 23.6 Å². The Morgan fingerprint density at radius 1 is 1.12 bits per heavy atom. The fraction of sp³-hybridized carbons (Fsp3) is 0.250. The number of hydrogen-bond donors (Lipinski definition) is 1. The molecule has 0 aliphatic rings. The van der Waals surface area contributed by atoms with E-state index in [1.807, 2.05) is 30.6 Å². The first kappa shape index (κ1) is 11.7. The van der Waals surface area contributed by atoms with Crippen molar-refractivity contribution >= 4 is 17.2 Å². The molecule has 4 nitrogen and oxygen atoms in total. The van der Waals surface area contributed by atoms with Gasteiger partial charge in [-0.25, -0.2) is 4.98 Å². The monoisotopic (exact) mass is 250 g/mol. The Labute approximate surface area is 104 Å². The number of ether oxygens (including phenoxy) is 2. The molecule has 1 heterocycles. The summed E-state index contributed by atoms with van der Waals surface area (Å²) in [6.07, 6.45) is 0. The Kier molecular flexibility index (Phi) is 3.49. The average Bonchev–Trinajstić information content (AvgIpc) is 2.86. The number of anilines is 1. The first-order chi connectivity index (χ1) is 8.26. The molecule has 0 aliphatic carbocycles. The van der Waals surface area contributed by atoms with Gasteiger partial charge in [-0.3, -0.25) is 0 Å². The molecule has 17 heavy (non-hydrogen) atoms. The number of hydrogen-bond acceptors (Lipinski definition) is 5. The Morgan fingerprint density at radius 2 is 1.76 bits per heavy atom. The van der Waals surface area contributed by atoms with Crippen LogP contribution in [0.3, 0.4) is 0 Å². The lowest BCUT2D eigenvalue weighted by Gasteiger charge is -2.06. The normalized spacial score (nSPS) is 10.1. The topological polar surface area (TPSA) is 43.4 Å². The van der Waals surface area contributed by atoms with Crippen molar-refractivity contribution in [3.63, 3.8) is 0 Å². The van der Waals surface area contributed by atoms with Gasteiger partial charge in [-0.05, 0) is 12.1 Å². The van der Waals surface area contributed by atoms with E-state index in [1.54, 1.807) is 25.6 Å². The highest BCUT2D eigenvalue weighted by Gasteiger charge is 2.07. The van der Waals surface area contributed by atoms with E-state index in [4.69, 9.17) is 9.47 Å².